The molecule has 1 aromatic carbocycles. The molecule has 0 bridgehead atoms. The number of ether oxygens (including phenoxy) is 1. The summed E-state index contributed by atoms with van der Waals surface area (Å²) in [6, 6.07) is 5.68. The summed E-state index contributed by atoms with van der Waals surface area (Å²) < 4.78 is 36.3. The molecule has 0 radical (unpaired) electrons. The molecule has 4 aromatic rings. The summed E-state index contributed by atoms with van der Waals surface area (Å²) in [7, 11) is 3.80. The van der Waals surface area contributed by atoms with E-state index in [9.17, 15) is 8.78 Å². The molecule has 1 aliphatic carbocycles. The second-order valence-corrected chi connectivity index (χ2v) is 8.27. The Morgan fingerprint density at radius 1 is 1.06 bits per heavy atom. The van der Waals surface area contributed by atoms with Crippen LogP contribution < -0.4 is 10.1 Å². The van der Waals surface area contributed by atoms with Crippen molar-refractivity contribution < 1.29 is 13.5 Å². The van der Waals surface area contributed by atoms with E-state index in [0.717, 1.165) is 59.7 Å². The van der Waals surface area contributed by atoms with Gasteiger partial charge in [0.25, 0.3) is 0 Å². The van der Waals surface area contributed by atoms with Gasteiger partial charge in [0.05, 0.1) is 17.8 Å². The molecule has 0 atom stereocenters. The fourth-order valence-corrected chi connectivity index (χ4v) is 4.27. The Morgan fingerprint density at radius 3 is 2.59 bits per heavy atom. The first-order chi connectivity index (χ1) is 15.5. The summed E-state index contributed by atoms with van der Waals surface area (Å²) in [4.78, 5) is 4.61. The molecule has 9 heteroatoms. The zero-order chi connectivity index (χ0) is 22.2. The molecule has 1 N–H and O–H groups in total. The van der Waals surface area contributed by atoms with Gasteiger partial charge in [-0.1, -0.05) is 0 Å². The topological polar surface area (TPSA) is 69.8 Å². The molecule has 3 aromatic heterocycles. The number of nitrogens with one attached hydrogen (secondary N) is 1. The van der Waals surface area contributed by atoms with E-state index in [4.69, 9.17) is 4.74 Å². The summed E-state index contributed by atoms with van der Waals surface area (Å²) in [6.07, 6.45) is 8.82. The van der Waals surface area contributed by atoms with Crippen LogP contribution in [0.25, 0.3) is 22.2 Å². The van der Waals surface area contributed by atoms with Crippen molar-refractivity contribution >= 4 is 16.7 Å². The molecule has 0 amide bonds. The lowest BCUT2D eigenvalue weighted by molar-refractivity contribution is 0.144. The predicted octanol–water partition coefficient (Wildman–Crippen LogP) is 4.45. The van der Waals surface area contributed by atoms with Crippen LogP contribution in [0.5, 0.6) is 5.75 Å². The number of aromatic nitrogens is 5. The number of benzene rings is 1. The maximum Gasteiger partial charge on any atom is 0.167 e. The summed E-state index contributed by atoms with van der Waals surface area (Å²) in [5.74, 6) is -0.361. The summed E-state index contributed by atoms with van der Waals surface area (Å²) >= 11 is 0. The van der Waals surface area contributed by atoms with E-state index in [1.54, 1.807) is 10.9 Å². The van der Waals surface area contributed by atoms with Gasteiger partial charge >= 0.3 is 0 Å². The lowest BCUT2D eigenvalue weighted by Crippen LogP contribution is -2.31. The van der Waals surface area contributed by atoms with Gasteiger partial charge in [0, 0.05) is 55.6 Å². The Kier molecular flexibility index (Phi) is 5.24. The van der Waals surface area contributed by atoms with Gasteiger partial charge in [-0.25, -0.2) is 13.8 Å². The Bertz CT molecular complexity index is 1260. The smallest absolute Gasteiger partial charge is 0.167 e. The van der Waals surface area contributed by atoms with E-state index in [0.29, 0.717) is 0 Å². The van der Waals surface area contributed by atoms with Crippen LogP contribution in [0.4, 0.5) is 14.6 Å². The Morgan fingerprint density at radius 2 is 1.88 bits per heavy atom. The third kappa shape index (κ3) is 4.02. The van der Waals surface area contributed by atoms with Gasteiger partial charge in [0.15, 0.2) is 11.6 Å². The van der Waals surface area contributed by atoms with Crippen LogP contribution in [0.2, 0.25) is 0 Å². The third-order valence-electron chi connectivity index (χ3n) is 5.93. The second kappa shape index (κ2) is 8.22. The highest BCUT2D eigenvalue weighted by Gasteiger charge is 2.24. The summed E-state index contributed by atoms with van der Waals surface area (Å²) in [6.45, 7) is 0. The first-order valence-corrected chi connectivity index (χ1v) is 10.7. The molecule has 0 spiro atoms. The number of hydrogen-bond acceptors (Lipinski definition) is 5. The average molecular weight is 438 g/mol. The van der Waals surface area contributed by atoms with Crippen LogP contribution in [0.1, 0.15) is 25.7 Å². The monoisotopic (exact) mass is 438 g/mol. The molecule has 32 heavy (non-hydrogen) atoms. The van der Waals surface area contributed by atoms with Crippen molar-refractivity contribution in [1.29, 1.82) is 0 Å². The van der Waals surface area contributed by atoms with Crippen molar-refractivity contribution in [2.24, 2.45) is 14.1 Å². The third-order valence-corrected chi connectivity index (χ3v) is 5.93. The number of halogens is 2. The number of rotatable bonds is 5. The molecule has 0 saturated heterocycles. The Hall–Kier alpha value is -3.49. The van der Waals surface area contributed by atoms with Gasteiger partial charge in [-0.2, -0.15) is 10.2 Å². The van der Waals surface area contributed by atoms with Gasteiger partial charge in [-0.05, 0) is 37.8 Å². The standard InChI is InChI=1S/C23H24F2N6O/c1-30-13-14(11-27-30)23-18-12-26-22(10-20(18)31(2)29-23)28-16-4-6-17(7-5-16)32-21-8-3-15(24)9-19(21)25/h3,8-13,16-17H,4-7H2,1-2H3,(H,26,28). The van der Waals surface area contributed by atoms with Crippen LogP contribution >= 0.6 is 0 Å². The van der Waals surface area contributed by atoms with Crippen molar-refractivity contribution in [1.82, 2.24) is 24.5 Å². The molecule has 3 heterocycles. The van der Waals surface area contributed by atoms with Gasteiger partial charge in [-0.15, -0.1) is 0 Å². The summed E-state index contributed by atoms with van der Waals surface area (Å²) in [5.41, 5.74) is 2.81. The van der Waals surface area contributed by atoms with E-state index < -0.39 is 11.6 Å². The molecule has 0 unspecified atom stereocenters. The van der Waals surface area contributed by atoms with Crippen molar-refractivity contribution in [3.05, 3.63) is 54.5 Å². The van der Waals surface area contributed by atoms with E-state index >= 15 is 0 Å². The minimum atomic E-state index is -0.662. The fourth-order valence-electron chi connectivity index (χ4n) is 4.27. The Balaban J connectivity index is 1.24. The number of anilines is 1. The lowest BCUT2D eigenvalue weighted by atomic mass is 9.93. The largest absolute Gasteiger partial charge is 0.487 e. The van der Waals surface area contributed by atoms with Crippen LogP contribution in [-0.4, -0.2) is 36.7 Å². The van der Waals surface area contributed by atoms with Crippen molar-refractivity contribution in [3.8, 4) is 17.0 Å². The zero-order valence-electron chi connectivity index (χ0n) is 17.9. The maximum atomic E-state index is 13.8. The van der Waals surface area contributed by atoms with Crippen molar-refractivity contribution in [3.63, 3.8) is 0 Å². The number of aryl methyl sites for hydroxylation is 2. The fraction of sp³-hybridized carbons (Fsp3) is 0.348. The Labute approximate surface area is 184 Å². The van der Waals surface area contributed by atoms with E-state index in [1.165, 1.54) is 12.1 Å². The van der Waals surface area contributed by atoms with E-state index in [1.807, 2.05) is 37.2 Å². The van der Waals surface area contributed by atoms with E-state index in [2.05, 4.69) is 20.5 Å². The number of pyridine rings is 1. The number of nitrogens with zero attached hydrogens (tertiary/aromatic N) is 5. The maximum absolute atomic E-state index is 13.8. The van der Waals surface area contributed by atoms with Crippen LogP contribution in [-0.2, 0) is 14.1 Å². The predicted molar refractivity (Wildman–Crippen MR) is 117 cm³/mol. The van der Waals surface area contributed by atoms with Gasteiger partial charge < -0.3 is 10.1 Å². The quantitative estimate of drug-likeness (QED) is 0.499. The average Bonchev–Trinajstić information content (AvgIpc) is 3.34. The molecule has 1 fully saturated rings. The van der Waals surface area contributed by atoms with Crippen LogP contribution in [0.3, 0.4) is 0 Å². The minimum absolute atomic E-state index is 0.0810. The first-order valence-electron chi connectivity index (χ1n) is 10.7. The highest BCUT2D eigenvalue weighted by molar-refractivity contribution is 5.93. The van der Waals surface area contributed by atoms with Crippen molar-refractivity contribution in [2.45, 2.75) is 37.8 Å². The SMILES string of the molecule is Cn1cc(-c2nn(C)c3cc(NC4CCC(Oc5ccc(F)cc5F)CC4)ncc23)cn1. The molecule has 1 aliphatic rings. The number of hydrogen-bond donors (Lipinski definition) is 1. The molecule has 7 nitrogen and oxygen atoms in total. The normalized spacial score (nSPS) is 18.8. The van der Waals surface area contributed by atoms with Gasteiger partial charge in [0.1, 0.15) is 17.3 Å². The molecular weight excluding hydrogens is 414 g/mol. The van der Waals surface area contributed by atoms with E-state index in [-0.39, 0.29) is 17.9 Å². The highest BCUT2D eigenvalue weighted by atomic mass is 19.1. The summed E-state index contributed by atoms with van der Waals surface area (Å²) in [5, 5.41) is 13.4. The molecule has 1 saturated carbocycles. The second-order valence-electron chi connectivity index (χ2n) is 8.27. The van der Waals surface area contributed by atoms with Crippen molar-refractivity contribution in [2.75, 3.05) is 5.32 Å². The van der Waals surface area contributed by atoms with Gasteiger partial charge in [0.2, 0.25) is 0 Å². The van der Waals surface area contributed by atoms with Crippen LogP contribution in [0, 0.1) is 11.6 Å². The molecule has 5 rings (SSSR count). The highest BCUT2D eigenvalue weighted by Crippen LogP contribution is 2.30. The molecular formula is C23H24F2N6O. The number of fused-ring (bicyclic) bond motifs is 1. The van der Waals surface area contributed by atoms with Crippen LogP contribution in [0.15, 0.2) is 42.9 Å². The zero-order valence-corrected chi connectivity index (χ0v) is 17.9. The molecule has 0 aliphatic heterocycles. The molecule has 166 valence electrons. The minimum Gasteiger partial charge on any atom is -0.487 e. The van der Waals surface area contributed by atoms with Gasteiger partial charge in [-0.3, -0.25) is 9.36 Å². The first kappa shape index (κ1) is 20.4. The lowest BCUT2D eigenvalue weighted by Gasteiger charge is -2.30.